The minimum Gasteiger partial charge on any atom is -0.360 e. The Morgan fingerprint density at radius 1 is 1.35 bits per heavy atom. The lowest BCUT2D eigenvalue weighted by molar-refractivity contribution is 0.583. The van der Waals surface area contributed by atoms with Crippen molar-refractivity contribution < 1.29 is 0 Å². The molecule has 3 heteroatoms. The first-order valence-corrected chi connectivity index (χ1v) is 6.51. The van der Waals surface area contributed by atoms with Gasteiger partial charge in [-0.1, -0.05) is 26.8 Å². The van der Waals surface area contributed by atoms with Gasteiger partial charge >= 0.3 is 0 Å². The maximum Gasteiger partial charge on any atom is 0.128 e. The largest absolute Gasteiger partial charge is 0.360 e. The van der Waals surface area contributed by atoms with Gasteiger partial charge in [0.2, 0.25) is 0 Å². The lowest BCUT2D eigenvalue weighted by Gasteiger charge is -2.19. The molecule has 0 aromatic carbocycles. The molecule has 1 heterocycles. The number of hydrogen-bond donors (Lipinski definition) is 1. The molecule has 1 aromatic rings. The normalized spacial score (nSPS) is 10.9. The molecule has 0 saturated carbocycles. The Kier molecular flexibility index (Phi) is 5.98. The summed E-state index contributed by atoms with van der Waals surface area (Å²) < 4.78 is 0. The highest BCUT2D eigenvalue weighted by molar-refractivity contribution is 5.38. The maximum absolute atomic E-state index is 4.65. The van der Waals surface area contributed by atoms with Gasteiger partial charge in [-0.25, -0.2) is 4.98 Å². The maximum atomic E-state index is 4.65. The van der Waals surface area contributed by atoms with Crippen LogP contribution in [0.15, 0.2) is 18.2 Å². The number of pyridine rings is 1. The number of rotatable bonds is 7. The van der Waals surface area contributed by atoms with Crippen molar-refractivity contribution in [3.8, 4) is 0 Å². The number of anilines is 1. The molecule has 0 aliphatic rings. The number of aromatic nitrogens is 1. The van der Waals surface area contributed by atoms with E-state index in [1.165, 1.54) is 6.42 Å². The summed E-state index contributed by atoms with van der Waals surface area (Å²) in [5.41, 5.74) is 1.11. The van der Waals surface area contributed by atoms with Crippen molar-refractivity contribution in [3.63, 3.8) is 0 Å². The van der Waals surface area contributed by atoms with E-state index in [2.05, 4.69) is 61.2 Å². The Labute approximate surface area is 105 Å². The third kappa shape index (κ3) is 5.18. The third-order valence-corrected chi connectivity index (χ3v) is 2.78. The molecular formula is C14H25N3. The van der Waals surface area contributed by atoms with Gasteiger partial charge in [0.15, 0.2) is 0 Å². The minimum absolute atomic E-state index is 0.738. The molecule has 96 valence electrons. The summed E-state index contributed by atoms with van der Waals surface area (Å²) in [7, 11) is 2.11. The van der Waals surface area contributed by atoms with Crippen molar-refractivity contribution in [1.82, 2.24) is 10.3 Å². The molecule has 0 saturated heterocycles. The molecule has 0 aliphatic heterocycles. The van der Waals surface area contributed by atoms with Gasteiger partial charge in [-0.05, 0) is 31.0 Å². The van der Waals surface area contributed by atoms with E-state index >= 15 is 0 Å². The lowest BCUT2D eigenvalue weighted by Crippen LogP contribution is -2.22. The van der Waals surface area contributed by atoms with Crippen molar-refractivity contribution >= 4 is 5.82 Å². The second-order valence-corrected chi connectivity index (χ2v) is 4.87. The Balaban J connectivity index is 2.57. The van der Waals surface area contributed by atoms with E-state index in [1.54, 1.807) is 0 Å². The molecule has 0 fully saturated rings. The van der Waals surface area contributed by atoms with E-state index in [0.29, 0.717) is 0 Å². The zero-order valence-electron chi connectivity index (χ0n) is 11.5. The lowest BCUT2D eigenvalue weighted by atomic mass is 10.1. The quantitative estimate of drug-likeness (QED) is 0.787. The summed E-state index contributed by atoms with van der Waals surface area (Å²) in [4.78, 5) is 6.88. The van der Waals surface area contributed by atoms with Crippen molar-refractivity contribution in [2.45, 2.75) is 33.7 Å². The number of nitrogens with zero attached hydrogens (tertiary/aromatic N) is 2. The van der Waals surface area contributed by atoms with Crippen LogP contribution in [0.25, 0.3) is 0 Å². The van der Waals surface area contributed by atoms with Crippen molar-refractivity contribution in [2.24, 2.45) is 5.92 Å². The second kappa shape index (κ2) is 7.28. The molecule has 0 atom stereocenters. The highest BCUT2D eigenvalue weighted by Gasteiger charge is 2.04. The molecule has 1 N–H and O–H groups in total. The zero-order valence-corrected chi connectivity index (χ0v) is 11.5. The highest BCUT2D eigenvalue weighted by Crippen LogP contribution is 2.11. The van der Waals surface area contributed by atoms with Gasteiger partial charge in [-0.15, -0.1) is 0 Å². The molecule has 0 unspecified atom stereocenters. The Bertz CT molecular complexity index is 323. The van der Waals surface area contributed by atoms with Crippen LogP contribution >= 0.6 is 0 Å². The molecule has 1 aromatic heterocycles. The van der Waals surface area contributed by atoms with Gasteiger partial charge < -0.3 is 10.2 Å². The van der Waals surface area contributed by atoms with Crippen LogP contribution in [0.4, 0.5) is 5.82 Å². The predicted molar refractivity (Wildman–Crippen MR) is 74.3 cm³/mol. The van der Waals surface area contributed by atoms with Crippen molar-refractivity contribution in [2.75, 3.05) is 25.0 Å². The van der Waals surface area contributed by atoms with Gasteiger partial charge in [-0.2, -0.15) is 0 Å². The number of hydrogen-bond acceptors (Lipinski definition) is 3. The molecule has 0 amide bonds. The van der Waals surface area contributed by atoms with Crippen molar-refractivity contribution in [1.29, 1.82) is 0 Å². The summed E-state index contributed by atoms with van der Waals surface area (Å²) in [6.45, 7) is 9.51. The highest BCUT2D eigenvalue weighted by atomic mass is 15.2. The first-order valence-electron chi connectivity index (χ1n) is 6.51. The fourth-order valence-corrected chi connectivity index (χ4v) is 1.60. The first kappa shape index (κ1) is 14.0. The van der Waals surface area contributed by atoms with Crippen LogP contribution in [0, 0.1) is 5.92 Å². The third-order valence-electron chi connectivity index (χ3n) is 2.78. The average Bonchev–Trinajstić information content (AvgIpc) is 2.33. The van der Waals surface area contributed by atoms with Crippen LogP contribution in [0.3, 0.4) is 0 Å². The van der Waals surface area contributed by atoms with Gasteiger partial charge in [0.05, 0.1) is 5.69 Å². The van der Waals surface area contributed by atoms with Gasteiger partial charge in [-0.3, -0.25) is 0 Å². The van der Waals surface area contributed by atoms with Crippen LogP contribution in [0.5, 0.6) is 0 Å². The SMILES string of the molecule is CCNCc1cccc(N(C)CCC(C)C)n1. The van der Waals surface area contributed by atoms with Crippen molar-refractivity contribution in [3.05, 3.63) is 23.9 Å². The smallest absolute Gasteiger partial charge is 0.128 e. The minimum atomic E-state index is 0.738. The monoisotopic (exact) mass is 235 g/mol. The summed E-state index contributed by atoms with van der Waals surface area (Å²) in [6, 6.07) is 6.24. The first-order chi connectivity index (χ1) is 8.13. The van der Waals surface area contributed by atoms with Crippen LogP contribution < -0.4 is 10.2 Å². The van der Waals surface area contributed by atoms with E-state index in [0.717, 1.165) is 37.1 Å². The van der Waals surface area contributed by atoms with E-state index < -0.39 is 0 Å². The molecule has 17 heavy (non-hydrogen) atoms. The fourth-order valence-electron chi connectivity index (χ4n) is 1.60. The Morgan fingerprint density at radius 2 is 2.12 bits per heavy atom. The summed E-state index contributed by atoms with van der Waals surface area (Å²) in [5.74, 6) is 1.81. The second-order valence-electron chi connectivity index (χ2n) is 4.87. The molecule has 1 rings (SSSR count). The average molecular weight is 235 g/mol. The summed E-state index contributed by atoms with van der Waals surface area (Å²) >= 11 is 0. The van der Waals surface area contributed by atoms with E-state index in [4.69, 9.17) is 0 Å². The van der Waals surface area contributed by atoms with Gasteiger partial charge in [0.1, 0.15) is 5.82 Å². The van der Waals surface area contributed by atoms with Crippen LogP contribution in [0.1, 0.15) is 32.9 Å². The molecule has 0 radical (unpaired) electrons. The topological polar surface area (TPSA) is 28.2 Å². The van der Waals surface area contributed by atoms with Gasteiger partial charge in [0, 0.05) is 20.1 Å². The van der Waals surface area contributed by atoms with Crippen LogP contribution in [0.2, 0.25) is 0 Å². The zero-order chi connectivity index (χ0) is 12.7. The van der Waals surface area contributed by atoms with E-state index in [-0.39, 0.29) is 0 Å². The fraction of sp³-hybridized carbons (Fsp3) is 0.643. The van der Waals surface area contributed by atoms with Gasteiger partial charge in [0.25, 0.3) is 0 Å². The predicted octanol–water partition coefficient (Wildman–Crippen LogP) is 2.67. The molecule has 0 spiro atoms. The summed E-state index contributed by atoms with van der Waals surface area (Å²) in [6.07, 6.45) is 1.20. The molecular weight excluding hydrogens is 210 g/mol. The molecule has 0 bridgehead atoms. The van der Waals surface area contributed by atoms with Crippen LogP contribution in [-0.4, -0.2) is 25.1 Å². The molecule has 3 nitrogen and oxygen atoms in total. The van der Waals surface area contributed by atoms with Crippen LogP contribution in [-0.2, 0) is 6.54 Å². The van der Waals surface area contributed by atoms with E-state index in [9.17, 15) is 0 Å². The Morgan fingerprint density at radius 3 is 2.76 bits per heavy atom. The molecule has 0 aliphatic carbocycles. The summed E-state index contributed by atoms with van der Waals surface area (Å²) in [5, 5.41) is 3.30. The van der Waals surface area contributed by atoms with E-state index in [1.807, 2.05) is 0 Å². The standard InChI is InChI=1S/C14H25N3/c1-5-15-11-13-7-6-8-14(16-13)17(4)10-9-12(2)3/h6-8,12,15H,5,9-11H2,1-4H3. The Hall–Kier alpha value is -1.09. The number of nitrogens with one attached hydrogen (secondary N) is 1.